The molecule has 7 heteroatoms. The van der Waals surface area contributed by atoms with Crippen LogP contribution in [0.5, 0.6) is 0 Å². The van der Waals surface area contributed by atoms with Crippen LogP contribution in [0.15, 0.2) is 46.3 Å². The Hall–Kier alpha value is -1.69. The highest BCUT2D eigenvalue weighted by atomic mass is 35.5. The van der Waals surface area contributed by atoms with E-state index < -0.39 is 16.9 Å². The number of hydrogen-bond acceptors (Lipinski definition) is 2. The van der Waals surface area contributed by atoms with Crippen molar-refractivity contribution < 1.29 is 13.2 Å². The molecule has 1 aromatic carbocycles. The summed E-state index contributed by atoms with van der Waals surface area (Å²) in [7, 11) is 0. The van der Waals surface area contributed by atoms with Crippen LogP contribution in [0.25, 0.3) is 0 Å². The van der Waals surface area contributed by atoms with Gasteiger partial charge in [-0.2, -0.15) is 13.2 Å². The number of alkyl halides is 3. The second-order valence-corrected chi connectivity index (χ2v) is 4.60. The molecular weight excluding hydrogens is 291 g/mol. The summed E-state index contributed by atoms with van der Waals surface area (Å²) in [6.07, 6.45) is -3.92. The van der Waals surface area contributed by atoms with Gasteiger partial charge in [0.1, 0.15) is 5.03 Å². The van der Waals surface area contributed by atoms with E-state index in [0.29, 0.717) is 6.42 Å². The second-order valence-electron chi connectivity index (χ2n) is 4.22. The molecule has 1 N–H and O–H groups in total. The third-order valence-corrected chi connectivity index (χ3v) is 3.21. The van der Waals surface area contributed by atoms with Gasteiger partial charge >= 0.3 is 6.18 Å². The number of nitrogens with one attached hydrogen (secondary N) is 1. The summed E-state index contributed by atoms with van der Waals surface area (Å²) < 4.78 is 37.8. The van der Waals surface area contributed by atoms with Crippen molar-refractivity contribution in [1.29, 1.82) is 0 Å². The molecule has 0 aromatic heterocycles. The van der Waals surface area contributed by atoms with Gasteiger partial charge in [-0.05, 0) is 12.0 Å². The Balaban J connectivity index is 2.17. The Bertz CT molecular complexity index is 538. The molecule has 0 bridgehead atoms. The van der Waals surface area contributed by atoms with Gasteiger partial charge in [0.05, 0.1) is 6.04 Å². The standard InChI is InChI=1S/C13H12ClF3N3/c1-2-9(8-6-4-3-5-7-8)18-12-10(14)11(19-20-12)13(15,16)17/h3-7,9,18H,2H2,1H3. The van der Waals surface area contributed by atoms with Crippen LogP contribution < -0.4 is 10.7 Å². The maximum Gasteiger partial charge on any atom is 0.436 e. The molecule has 1 radical (unpaired) electrons. The molecule has 0 saturated carbocycles. The molecule has 1 heterocycles. The number of halogens is 4. The number of hydrogen-bond donors (Lipinski definition) is 1. The minimum absolute atomic E-state index is 0.0466. The summed E-state index contributed by atoms with van der Waals surface area (Å²) in [6, 6.07) is 9.18. The first-order valence-corrected chi connectivity index (χ1v) is 6.38. The van der Waals surface area contributed by atoms with Gasteiger partial charge in [0, 0.05) is 0 Å². The first-order valence-electron chi connectivity index (χ1n) is 6.01. The Morgan fingerprint density at radius 2 is 1.90 bits per heavy atom. The molecule has 0 amide bonds. The van der Waals surface area contributed by atoms with Crippen molar-refractivity contribution in [2.45, 2.75) is 25.6 Å². The average molecular weight is 303 g/mol. The Kier molecular flexibility index (Phi) is 4.23. The molecule has 1 atom stereocenters. The molecule has 0 aliphatic carbocycles. The van der Waals surface area contributed by atoms with Gasteiger partial charge in [-0.25, -0.2) is 0 Å². The summed E-state index contributed by atoms with van der Waals surface area (Å²) in [4.78, 5) is 0. The van der Waals surface area contributed by atoms with E-state index in [4.69, 9.17) is 11.6 Å². The maximum absolute atomic E-state index is 12.6. The minimum atomic E-state index is -4.60. The topological polar surface area (TPSA) is 38.5 Å². The predicted octanol–water partition coefficient (Wildman–Crippen LogP) is 3.67. The molecule has 1 aromatic rings. The lowest BCUT2D eigenvalue weighted by Gasteiger charge is -2.18. The molecule has 107 valence electrons. The summed E-state index contributed by atoms with van der Waals surface area (Å²) in [5.74, 6) is -0.0466. The van der Waals surface area contributed by atoms with Crippen LogP contribution in [0.1, 0.15) is 24.9 Å². The van der Waals surface area contributed by atoms with E-state index >= 15 is 0 Å². The van der Waals surface area contributed by atoms with E-state index in [1.165, 1.54) is 0 Å². The van der Waals surface area contributed by atoms with E-state index in [-0.39, 0.29) is 11.9 Å². The molecule has 1 aliphatic heterocycles. The van der Waals surface area contributed by atoms with Crippen molar-refractivity contribution in [1.82, 2.24) is 10.7 Å². The fourth-order valence-electron chi connectivity index (χ4n) is 1.84. The lowest BCUT2D eigenvalue weighted by atomic mass is 10.0. The highest BCUT2D eigenvalue weighted by Gasteiger charge is 2.42. The average Bonchev–Trinajstić information content (AvgIpc) is 2.78. The molecule has 1 unspecified atom stereocenters. The van der Waals surface area contributed by atoms with Gasteiger partial charge < -0.3 is 5.32 Å². The SMILES string of the molecule is CCC(NC1=C(Cl)C(C(F)(F)F)=N[N]1)c1ccccc1. The lowest BCUT2D eigenvalue weighted by molar-refractivity contribution is -0.0579. The Morgan fingerprint density at radius 1 is 1.25 bits per heavy atom. The van der Waals surface area contributed by atoms with Gasteiger partial charge in [0.2, 0.25) is 0 Å². The van der Waals surface area contributed by atoms with Crippen molar-refractivity contribution in [3.63, 3.8) is 0 Å². The van der Waals surface area contributed by atoms with Gasteiger partial charge in [-0.3, -0.25) is 0 Å². The van der Waals surface area contributed by atoms with Crippen molar-refractivity contribution >= 4 is 17.3 Å². The van der Waals surface area contributed by atoms with Crippen LogP contribution >= 0.6 is 11.6 Å². The predicted molar refractivity (Wildman–Crippen MR) is 71.1 cm³/mol. The monoisotopic (exact) mass is 302 g/mol. The number of nitrogens with zero attached hydrogens (tertiary/aromatic N) is 2. The van der Waals surface area contributed by atoms with E-state index in [1.54, 1.807) is 0 Å². The summed E-state index contributed by atoms with van der Waals surface area (Å²) in [5.41, 5.74) is 3.27. The Labute approximate surface area is 119 Å². The van der Waals surface area contributed by atoms with E-state index in [9.17, 15) is 13.2 Å². The normalized spacial score (nSPS) is 16.8. The van der Waals surface area contributed by atoms with E-state index in [0.717, 1.165) is 5.56 Å². The van der Waals surface area contributed by atoms with Crippen LogP contribution in [0.2, 0.25) is 0 Å². The smallest absolute Gasteiger partial charge is 0.360 e. The summed E-state index contributed by atoms with van der Waals surface area (Å²) in [5, 5.41) is 5.51. The lowest BCUT2D eigenvalue weighted by Crippen LogP contribution is -2.25. The van der Waals surface area contributed by atoms with Gasteiger partial charge in [0.15, 0.2) is 11.5 Å². The highest BCUT2D eigenvalue weighted by Crippen LogP contribution is 2.30. The van der Waals surface area contributed by atoms with Crippen LogP contribution in [-0.4, -0.2) is 11.9 Å². The van der Waals surface area contributed by atoms with Crippen molar-refractivity contribution in [3.05, 3.63) is 46.7 Å². The molecule has 0 fully saturated rings. The fourth-order valence-corrected chi connectivity index (χ4v) is 2.08. The van der Waals surface area contributed by atoms with Crippen LogP contribution in [0, 0.1) is 0 Å². The molecule has 1 aliphatic rings. The van der Waals surface area contributed by atoms with E-state index in [1.807, 2.05) is 37.3 Å². The molecule has 3 nitrogen and oxygen atoms in total. The first kappa shape index (κ1) is 14.7. The van der Waals surface area contributed by atoms with Gasteiger partial charge in [-0.15, -0.1) is 10.5 Å². The van der Waals surface area contributed by atoms with Crippen molar-refractivity contribution in [2.24, 2.45) is 5.10 Å². The van der Waals surface area contributed by atoms with Crippen LogP contribution in [0.3, 0.4) is 0 Å². The van der Waals surface area contributed by atoms with Crippen LogP contribution in [-0.2, 0) is 0 Å². The highest BCUT2D eigenvalue weighted by molar-refractivity contribution is 6.45. The Morgan fingerprint density at radius 3 is 2.40 bits per heavy atom. The largest absolute Gasteiger partial charge is 0.436 e. The van der Waals surface area contributed by atoms with Crippen LogP contribution in [0.4, 0.5) is 13.2 Å². The second kappa shape index (κ2) is 5.75. The molecule has 2 rings (SSSR count). The summed E-state index contributed by atoms with van der Waals surface area (Å²) >= 11 is 5.69. The zero-order valence-corrected chi connectivity index (χ0v) is 11.3. The quantitative estimate of drug-likeness (QED) is 0.905. The molecule has 0 spiro atoms. The number of allylic oxidation sites excluding steroid dienone is 1. The fraction of sp³-hybridized carbons (Fsp3) is 0.308. The van der Waals surface area contributed by atoms with Gasteiger partial charge in [-0.1, -0.05) is 48.9 Å². The molecule has 0 saturated heterocycles. The zero-order valence-electron chi connectivity index (χ0n) is 10.6. The third kappa shape index (κ3) is 3.07. The van der Waals surface area contributed by atoms with Gasteiger partial charge in [0.25, 0.3) is 0 Å². The van der Waals surface area contributed by atoms with E-state index in [2.05, 4.69) is 15.8 Å². The van der Waals surface area contributed by atoms with Crippen molar-refractivity contribution in [3.8, 4) is 0 Å². The third-order valence-electron chi connectivity index (χ3n) is 2.86. The number of rotatable bonds is 4. The molecule has 20 heavy (non-hydrogen) atoms. The first-order chi connectivity index (χ1) is 9.43. The number of benzene rings is 1. The molecular formula is C13H12ClF3N3. The minimum Gasteiger partial charge on any atom is -0.360 e. The zero-order chi connectivity index (χ0) is 14.8. The summed E-state index contributed by atoms with van der Waals surface area (Å²) in [6.45, 7) is 1.92. The van der Waals surface area contributed by atoms with Crippen molar-refractivity contribution in [2.75, 3.05) is 0 Å². The maximum atomic E-state index is 12.6.